The second-order valence-electron chi connectivity index (χ2n) is 5.57. The van der Waals surface area contributed by atoms with Crippen LogP contribution in [0.1, 0.15) is 13.3 Å². The summed E-state index contributed by atoms with van der Waals surface area (Å²) in [5.41, 5.74) is 5.22. The highest BCUT2D eigenvalue weighted by Crippen LogP contribution is 2.18. The van der Waals surface area contributed by atoms with E-state index in [-0.39, 0.29) is 30.3 Å². The van der Waals surface area contributed by atoms with E-state index in [1.807, 2.05) is 0 Å². The van der Waals surface area contributed by atoms with Crippen molar-refractivity contribution in [2.24, 2.45) is 11.7 Å². The van der Waals surface area contributed by atoms with E-state index < -0.39 is 17.5 Å². The van der Waals surface area contributed by atoms with Crippen LogP contribution < -0.4 is 15.8 Å². The Balaban J connectivity index is 1.79. The maximum absolute atomic E-state index is 13.4. The second kappa shape index (κ2) is 7.26. The van der Waals surface area contributed by atoms with Gasteiger partial charge >= 0.3 is 6.03 Å². The number of amides is 3. The van der Waals surface area contributed by atoms with Gasteiger partial charge in [0.15, 0.2) is 11.6 Å². The average Bonchev–Trinajstić information content (AvgIpc) is 2.96. The fourth-order valence-corrected chi connectivity index (χ4v) is 2.33. The van der Waals surface area contributed by atoms with Gasteiger partial charge in [-0.2, -0.15) is 0 Å². The van der Waals surface area contributed by atoms with E-state index in [2.05, 4.69) is 5.32 Å². The van der Waals surface area contributed by atoms with Gasteiger partial charge in [-0.05, 0) is 25.5 Å². The van der Waals surface area contributed by atoms with E-state index >= 15 is 0 Å². The molecule has 3 N–H and O–H groups in total. The van der Waals surface area contributed by atoms with Crippen molar-refractivity contribution in [2.75, 3.05) is 19.7 Å². The molecule has 6 nitrogen and oxygen atoms in total. The van der Waals surface area contributed by atoms with Gasteiger partial charge in [-0.15, -0.1) is 0 Å². The molecule has 1 aliphatic rings. The molecule has 1 aromatic rings. The minimum atomic E-state index is -0.799. The molecule has 0 radical (unpaired) electrons. The molecule has 0 aromatic heterocycles. The summed E-state index contributed by atoms with van der Waals surface area (Å²) in [6.45, 7) is 2.48. The zero-order valence-electron chi connectivity index (χ0n) is 12.7. The number of halogens is 2. The molecule has 0 saturated carbocycles. The van der Waals surface area contributed by atoms with Gasteiger partial charge in [0, 0.05) is 19.2 Å². The molecule has 3 amide bonds. The molecule has 1 aromatic carbocycles. The number of urea groups is 1. The van der Waals surface area contributed by atoms with Crippen LogP contribution in [-0.4, -0.2) is 42.6 Å². The Morgan fingerprint density at radius 3 is 2.83 bits per heavy atom. The lowest BCUT2D eigenvalue weighted by Gasteiger charge is -2.21. The van der Waals surface area contributed by atoms with E-state index in [0.29, 0.717) is 19.5 Å². The van der Waals surface area contributed by atoms with E-state index in [4.69, 9.17) is 10.5 Å². The lowest BCUT2D eigenvalue weighted by Crippen LogP contribution is -2.45. The van der Waals surface area contributed by atoms with E-state index in [0.717, 1.165) is 12.1 Å². The van der Waals surface area contributed by atoms with Crippen molar-refractivity contribution >= 4 is 11.9 Å². The van der Waals surface area contributed by atoms with E-state index in [9.17, 15) is 18.4 Å². The normalized spacial score (nSPS) is 18.6. The van der Waals surface area contributed by atoms with E-state index in [1.54, 1.807) is 6.92 Å². The van der Waals surface area contributed by atoms with Crippen LogP contribution in [0.5, 0.6) is 5.75 Å². The third kappa shape index (κ3) is 4.54. The Kier molecular flexibility index (Phi) is 5.36. The number of carbonyl (C=O) groups is 2. The van der Waals surface area contributed by atoms with Crippen LogP contribution in [-0.2, 0) is 4.79 Å². The first-order valence-electron chi connectivity index (χ1n) is 7.29. The molecular formula is C15H19F2N3O3. The van der Waals surface area contributed by atoms with Crippen molar-refractivity contribution in [3.05, 3.63) is 29.8 Å². The topological polar surface area (TPSA) is 84.7 Å². The molecule has 2 atom stereocenters. The van der Waals surface area contributed by atoms with Gasteiger partial charge in [-0.25, -0.2) is 13.6 Å². The fraction of sp³-hybridized carbons (Fsp3) is 0.467. The van der Waals surface area contributed by atoms with Crippen molar-refractivity contribution in [1.82, 2.24) is 10.2 Å². The van der Waals surface area contributed by atoms with Gasteiger partial charge in [0.05, 0.1) is 12.0 Å². The summed E-state index contributed by atoms with van der Waals surface area (Å²) >= 11 is 0. The number of nitrogens with zero attached hydrogens (tertiary/aromatic N) is 1. The number of primary amides is 1. The van der Waals surface area contributed by atoms with Gasteiger partial charge in [0.2, 0.25) is 5.91 Å². The minimum Gasteiger partial charge on any atom is -0.488 e. The highest BCUT2D eigenvalue weighted by Gasteiger charge is 2.30. The van der Waals surface area contributed by atoms with Crippen LogP contribution in [0.4, 0.5) is 13.6 Å². The number of nitrogens with one attached hydrogen (secondary N) is 1. The smallest absolute Gasteiger partial charge is 0.317 e. The molecule has 1 saturated heterocycles. The van der Waals surface area contributed by atoms with Crippen molar-refractivity contribution in [1.29, 1.82) is 0 Å². The summed E-state index contributed by atoms with van der Waals surface area (Å²) in [6.07, 6.45) is 0.550. The molecule has 0 spiro atoms. The Morgan fingerprint density at radius 2 is 2.22 bits per heavy atom. The lowest BCUT2D eigenvalue weighted by atomic mass is 10.1. The maximum Gasteiger partial charge on any atom is 0.317 e. The molecule has 23 heavy (non-hydrogen) atoms. The third-order valence-corrected chi connectivity index (χ3v) is 3.63. The van der Waals surface area contributed by atoms with E-state index in [1.165, 1.54) is 11.0 Å². The zero-order chi connectivity index (χ0) is 17.0. The van der Waals surface area contributed by atoms with Crippen LogP contribution in [0.15, 0.2) is 18.2 Å². The highest BCUT2D eigenvalue weighted by atomic mass is 19.1. The molecule has 1 fully saturated rings. The van der Waals surface area contributed by atoms with Crippen LogP contribution in [0, 0.1) is 17.6 Å². The molecule has 2 rings (SSSR count). The van der Waals surface area contributed by atoms with Gasteiger partial charge in [-0.3, -0.25) is 4.79 Å². The summed E-state index contributed by atoms with van der Waals surface area (Å²) in [5, 5.41) is 2.70. The number of rotatable bonds is 5. The number of nitrogens with two attached hydrogens (primary N) is 1. The van der Waals surface area contributed by atoms with Crippen molar-refractivity contribution in [2.45, 2.75) is 19.4 Å². The molecule has 0 aliphatic carbocycles. The predicted octanol–water partition coefficient (Wildman–Crippen LogP) is 1.25. The standard InChI is InChI=1S/C15H19F2N3O3/c1-9(8-23-13-3-2-11(16)6-12(13)17)19-15(22)20-5-4-10(7-20)14(18)21/h2-3,6,9-10H,4-5,7-8H2,1H3,(H2,18,21)(H,19,22)/t9-,10+/m1/s1. The summed E-state index contributed by atoms with van der Waals surface area (Å²) in [5.74, 6) is -2.30. The molecular weight excluding hydrogens is 308 g/mol. The van der Waals surface area contributed by atoms with Gasteiger partial charge < -0.3 is 20.7 Å². The monoisotopic (exact) mass is 327 g/mol. The first-order valence-corrected chi connectivity index (χ1v) is 7.29. The van der Waals surface area contributed by atoms with Crippen molar-refractivity contribution in [3.63, 3.8) is 0 Å². The maximum atomic E-state index is 13.4. The first-order chi connectivity index (χ1) is 10.9. The minimum absolute atomic E-state index is 0.0291. The van der Waals surface area contributed by atoms with Crippen molar-refractivity contribution in [3.8, 4) is 5.75 Å². The Labute approximate surface area is 132 Å². The number of carbonyl (C=O) groups excluding carboxylic acids is 2. The molecule has 0 bridgehead atoms. The first kappa shape index (κ1) is 17.0. The number of ether oxygens (including phenoxy) is 1. The number of benzene rings is 1. The van der Waals surface area contributed by atoms with Crippen LogP contribution in [0.25, 0.3) is 0 Å². The lowest BCUT2D eigenvalue weighted by molar-refractivity contribution is -0.121. The predicted molar refractivity (Wildman–Crippen MR) is 78.7 cm³/mol. The highest BCUT2D eigenvalue weighted by molar-refractivity contribution is 5.80. The van der Waals surface area contributed by atoms with Crippen LogP contribution >= 0.6 is 0 Å². The Bertz CT molecular complexity index is 597. The molecule has 1 aliphatic heterocycles. The Morgan fingerprint density at radius 1 is 1.48 bits per heavy atom. The molecule has 1 heterocycles. The van der Waals surface area contributed by atoms with Crippen LogP contribution in [0.3, 0.4) is 0 Å². The van der Waals surface area contributed by atoms with Gasteiger partial charge in [-0.1, -0.05) is 0 Å². The summed E-state index contributed by atoms with van der Waals surface area (Å²) in [7, 11) is 0. The summed E-state index contributed by atoms with van der Waals surface area (Å²) in [4.78, 5) is 24.6. The quantitative estimate of drug-likeness (QED) is 0.853. The molecule has 126 valence electrons. The largest absolute Gasteiger partial charge is 0.488 e. The summed E-state index contributed by atoms with van der Waals surface area (Å²) in [6, 6.07) is 2.30. The van der Waals surface area contributed by atoms with Gasteiger partial charge in [0.1, 0.15) is 12.4 Å². The summed E-state index contributed by atoms with van der Waals surface area (Å²) < 4.78 is 31.4. The second-order valence-corrected chi connectivity index (χ2v) is 5.57. The molecule has 8 heteroatoms. The SMILES string of the molecule is C[C@H](COc1ccc(F)cc1F)NC(=O)N1CC[C@H](C(N)=O)C1. The zero-order valence-corrected chi connectivity index (χ0v) is 12.7. The van der Waals surface area contributed by atoms with Gasteiger partial charge in [0.25, 0.3) is 0 Å². The number of hydrogen-bond acceptors (Lipinski definition) is 3. The third-order valence-electron chi connectivity index (χ3n) is 3.63. The number of hydrogen-bond donors (Lipinski definition) is 2. The molecule has 0 unspecified atom stereocenters. The average molecular weight is 327 g/mol. The Hall–Kier alpha value is -2.38. The fourth-order valence-electron chi connectivity index (χ4n) is 2.33. The van der Waals surface area contributed by atoms with Crippen LogP contribution in [0.2, 0.25) is 0 Å². The number of likely N-dealkylation sites (tertiary alicyclic amines) is 1. The van der Waals surface area contributed by atoms with Crippen molar-refractivity contribution < 1.29 is 23.1 Å².